The van der Waals surface area contributed by atoms with Gasteiger partial charge in [0.1, 0.15) is 5.75 Å². The van der Waals surface area contributed by atoms with Crippen LogP contribution in [-0.2, 0) is 6.42 Å². The van der Waals surface area contributed by atoms with Crippen molar-refractivity contribution in [3.05, 3.63) is 102 Å². The average molecular weight is 413 g/mol. The maximum atomic E-state index is 13.4. The van der Waals surface area contributed by atoms with Crippen LogP contribution in [0, 0.1) is 0 Å². The van der Waals surface area contributed by atoms with Crippen LogP contribution in [0.25, 0.3) is 6.08 Å². The maximum absolute atomic E-state index is 13.4. The number of rotatable bonds is 6. The number of ether oxygens (including phenoxy) is 1. The minimum Gasteiger partial charge on any atom is -0.497 e. The smallest absolute Gasteiger partial charge is 0.322 e. The number of aryl methyl sites for hydroxylation is 1. The van der Waals surface area contributed by atoms with E-state index in [1.54, 1.807) is 7.11 Å². The standard InChI is InChI=1S/C27H28N2O2/c1-31-24-18-16-23(17-19-24)28-27(30)29(20-8-11-21-9-3-2-4-10-21)26-15-7-13-22-12-5-6-14-25(22)26/h2-6,8-12,14,16-19,26H,7,13,15,20H2,1H3,(H,28,30). The fourth-order valence-electron chi connectivity index (χ4n) is 4.14. The molecular formula is C27H28N2O2. The van der Waals surface area contributed by atoms with Crippen molar-refractivity contribution >= 4 is 17.8 Å². The third-order valence-electron chi connectivity index (χ3n) is 5.73. The van der Waals surface area contributed by atoms with Crippen LogP contribution in [0.1, 0.15) is 35.6 Å². The van der Waals surface area contributed by atoms with Crippen molar-refractivity contribution in [3.8, 4) is 5.75 Å². The summed E-state index contributed by atoms with van der Waals surface area (Å²) in [4.78, 5) is 15.3. The van der Waals surface area contributed by atoms with Crippen molar-refractivity contribution in [1.29, 1.82) is 0 Å². The van der Waals surface area contributed by atoms with Crippen LogP contribution < -0.4 is 10.1 Å². The van der Waals surface area contributed by atoms with Crippen LogP contribution >= 0.6 is 0 Å². The fraction of sp³-hybridized carbons (Fsp3) is 0.222. The van der Waals surface area contributed by atoms with Gasteiger partial charge in [-0.25, -0.2) is 4.79 Å². The molecule has 0 aliphatic heterocycles. The molecule has 0 fully saturated rings. The van der Waals surface area contributed by atoms with Crippen LogP contribution in [0.5, 0.6) is 5.75 Å². The summed E-state index contributed by atoms with van der Waals surface area (Å²) < 4.78 is 5.22. The van der Waals surface area contributed by atoms with Crippen LogP contribution in [0.3, 0.4) is 0 Å². The topological polar surface area (TPSA) is 41.6 Å². The molecule has 2 amide bonds. The Hall–Kier alpha value is -3.53. The van der Waals surface area contributed by atoms with E-state index >= 15 is 0 Å². The lowest BCUT2D eigenvalue weighted by molar-refractivity contribution is 0.188. The average Bonchev–Trinajstić information content (AvgIpc) is 2.83. The zero-order valence-electron chi connectivity index (χ0n) is 17.8. The van der Waals surface area contributed by atoms with Crippen LogP contribution in [0.15, 0.2) is 84.9 Å². The van der Waals surface area contributed by atoms with E-state index in [1.807, 2.05) is 47.4 Å². The van der Waals surface area contributed by atoms with Gasteiger partial charge >= 0.3 is 6.03 Å². The SMILES string of the molecule is COc1ccc(NC(=O)N(CC=Cc2ccccc2)C2CCCc3ccccc32)cc1. The summed E-state index contributed by atoms with van der Waals surface area (Å²) in [5.41, 5.74) is 4.48. The molecule has 31 heavy (non-hydrogen) atoms. The van der Waals surface area contributed by atoms with E-state index in [0.717, 1.165) is 36.3 Å². The van der Waals surface area contributed by atoms with Gasteiger partial charge in [0.15, 0.2) is 0 Å². The maximum Gasteiger partial charge on any atom is 0.322 e. The van der Waals surface area contributed by atoms with Crippen molar-refractivity contribution in [2.75, 3.05) is 19.0 Å². The molecule has 0 saturated carbocycles. The van der Waals surface area contributed by atoms with E-state index in [4.69, 9.17) is 4.74 Å². The van der Waals surface area contributed by atoms with E-state index in [1.165, 1.54) is 11.1 Å². The van der Waals surface area contributed by atoms with E-state index in [-0.39, 0.29) is 12.1 Å². The zero-order valence-corrected chi connectivity index (χ0v) is 17.8. The molecule has 1 aliphatic carbocycles. The molecule has 3 aromatic carbocycles. The van der Waals surface area contributed by atoms with Gasteiger partial charge < -0.3 is 15.0 Å². The molecule has 0 aromatic heterocycles. The molecule has 0 saturated heterocycles. The predicted octanol–water partition coefficient (Wildman–Crippen LogP) is 6.32. The summed E-state index contributed by atoms with van der Waals surface area (Å²) in [6, 6.07) is 26.1. The molecule has 1 unspecified atom stereocenters. The monoisotopic (exact) mass is 412 g/mol. The number of nitrogens with one attached hydrogen (secondary N) is 1. The highest BCUT2D eigenvalue weighted by Crippen LogP contribution is 2.34. The van der Waals surface area contributed by atoms with Crippen molar-refractivity contribution < 1.29 is 9.53 Å². The first-order chi connectivity index (χ1) is 15.2. The number of urea groups is 1. The van der Waals surface area contributed by atoms with Gasteiger partial charge in [-0.05, 0) is 60.2 Å². The largest absolute Gasteiger partial charge is 0.497 e. The van der Waals surface area contributed by atoms with E-state index in [0.29, 0.717) is 6.54 Å². The molecule has 0 heterocycles. The Morgan fingerprint density at radius 2 is 1.77 bits per heavy atom. The van der Waals surface area contributed by atoms with E-state index < -0.39 is 0 Å². The number of hydrogen-bond donors (Lipinski definition) is 1. The second-order valence-electron chi connectivity index (χ2n) is 7.73. The van der Waals surface area contributed by atoms with Crippen molar-refractivity contribution in [1.82, 2.24) is 4.90 Å². The Labute approximate surface area is 184 Å². The lowest BCUT2D eigenvalue weighted by Crippen LogP contribution is -2.39. The molecule has 1 aliphatic rings. The third-order valence-corrected chi connectivity index (χ3v) is 5.73. The number of benzene rings is 3. The lowest BCUT2D eigenvalue weighted by atomic mass is 9.87. The van der Waals surface area contributed by atoms with Gasteiger partial charge in [-0.3, -0.25) is 0 Å². The normalized spacial score (nSPS) is 15.3. The Bertz CT molecular complexity index is 1030. The molecule has 4 nitrogen and oxygen atoms in total. The van der Waals surface area contributed by atoms with E-state index in [9.17, 15) is 4.79 Å². The number of fused-ring (bicyclic) bond motifs is 1. The first kappa shape index (κ1) is 20.7. The molecule has 1 atom stereocenters. The number of carbonyl (C=O) groups is 1. The first-order valence-electron chi connectivity index (χ1n) is 10.8. The summed E-state index contributed by atoms with van der Waals surface area (Å²) in [6.45, 7) is 0.538. The van der Waals surface area contributed by atoms with Crippen molar-refractivity contribution in [2.24, 2.45) is 0 Å². The number of anilines is 1. The highest BCUT2D eigenvalue weighted by molar-refractivity contribution is 5.90. The highest BCUT2D eigenvalue weighted by Gasteiger charge is 2.28. The number of nitrogens with zero attached hydrogens (tertiary/aromatic N) is 1. The Morgan fingerprint density at radius 1 is 1.03 bits per heavy atom. The predicted molar refractivity (Wildman–Crippen MR) is 126 cm³/mol. The van der Waals surface area contributed by atoms with Gasteiger partial charge in [0.25, 0.3) is 0 Å². The Balaban J connectivity index is 1.57. The van der Waals surface area contributed by atoms with Gasteiger partial charge in [0.2, 0.25) is 0 Å². The van der Waals surface area contributed by atoms with Crippen LogP contribution in [0.2, 0.25) is 0 Å². The molecule has 0 bridgehead atoms. The first-order valence-corrected chi connectivity index (χ1v) is 10.8. The minimum atomic E-state index is -0.0930. The van der Waals surface area contributed by atoms with Gasteiger partial charge in [-0.2, -0.15) is 0 Å². The van der Waals surface area contributed by atoms with Gasteiger partial charge in [0.05, 0.1) is 13.2 Å². The summed E-state index contributed by atoms with van der Waals surface area (Å²) in [5.74, 6) is 0.766. The summed E-state index contributed by atoms with van der Waals surface area (Å²) in [5, 5.41) is 3.07. The minimum absolute atomic E-state index is 0.0589. The molecule has 0 radical (unpaired) electrons. The van der Waals surface area contributed by atoms with E-state index in [2.05, 4.69) is 53.9 Å². The summed E-state index contributed by atoms with van der Waals surface area (Å²) in [7, 11) is 1.63. The molecule has 3 aromatic rings. The van der Waals surface area contributed by atoms with Crippen LogP contribution in [0.4, 0.5) is 10.5 Å². The molecule has 0 spiro atoms. The highest BCUT2D eigenvalue weighted by atomic mass is 16.5. The summed E-state index contributed by atoms with van der Waals surface area (Å²) in [6.07, 6.45) is 7.26. The molecule has 158 valence electrons. The lowest BCUT2D eigenvalue weighted by Gasteiger charge is -2.35. The zero-order chi connectivity index (χ0) is 21.5. The second kappa shape index (κ2) is 9.98. The quantitative estimate of drug-likeness (QED) is 0.515. The molecule has 4 heteroatoms. The Kier molecular flexibility index (Phi) is 6.68. The van der Waals surface area contributed by atoms with Gasteiger partial charge in [0, 0.05) is 12.2 Å². The second-order valence-corrected chi connectivity index (χ2v) is 7.73. The number of hydrogen-bond acceptors (Lipinski definition) is 2. The third kappa shape index (κ3) is 5.15. The number of carbonyl (C=O) groups excluding carboxylic acids is 1. The van der Waals surface area contributed by atoms with Crippen LogP contribution in [-0.4, -0.2) is 24.6 Å². The summed E-state index contributed by atoms with van der Waals surface area (Å²) >= 11 is 0. The fourth-order valence-corrected chi connectivity index (χ4v) is 4.14. The molecule has 1 N–H and O–H groups in total. The number of amides is 2. The number of methoxy groups -OCH3 is 1. The van der Waals surface area contributed by atoms with Crippen molar-refractivity contribution in [2.45, 2.75) is 25.3 Å². The van der Waals surface area contributed by atoms with Gasteiger partial charge in [-0.1, -0.05) is 66.7 Å². The Morgan fingerprint density at radius 3 is 2.55 bits per heavy atom. The van der Waals surface area contributed by atoms with Gasteiger partial charge in [-0.15, -0.1) is 0 Å². The molecular weight excluding hydrogens is 384 g/mol. The molecule has 4 rings (SSSR count). The van der Waals surface area contributed by atoms with Crippen molar-refractivity contribution in [3.63, 3.8) is 0 Å².